The van der Waals surface area contributed by atoms with Crippen molar-refractivity contribution in [2.24, 2.45) is 11.7 Å². The van der Waals surface area contributed by atoms with Gasteiger partial charge in [-0.05, 0) is 50.3 Å². The number of nitrogens with zero attached hydrogens (tertiary/aromatic N) is 1. The summed E-state index contributed by atoms with van der Waals surface area (Å²) in [6.45, 7) is 6.26. The summed E-state index contributed by atoms with van der Waals surface area (Å²) in [6.07, 6.45) is 2.66. The Balaban J connectivity index is 2.17. The summed E-state index contributed by atoms with van der Waals surface area (Å²) >= 11 is 5.02. The van der Waals surface area contributed by atoms with Crippen molar-refractivity contribution < 1.29 is 4.39 Å². The van der Waals surface area contributed by atoms with Gasteiger partial charge in [0.25, 0.3) is 0 Å². The van der Waals surface area contributed by atoms with Crippen molar-refractivity contribution in [3.8, 4) is 0 Å². The van der Waals surface area contributed by atoms with Gasteiger partial charge in [0.05, 0.1) is 0 Å². The van der Waals surface area contributed by atoms with Crippen molar-refractivity contribution in [3.63, 3.8) is 0 Å². The van der Waals surface area contributed by atoms with E-state index in [-0.39, 0.29) is 10.8 Å². The summed E-state index contributed by atoms with van der Waals surface area (Å²) in [5, 5.41) is 0. The lowest BCUT2D eigenvalue weighted by Gasteiger charge is -2.27. The molecule has 1 aliphatic carbocycles. The second kappa shape index (κ2) is 5.97. The number of hydrogen-bond donors (Lipinski definition) is 1. The van der Waals surface area contributed by atoms with Gasteiger partial charge < -0.3 is 5.73 Å². The highest BCUT2D eigenvalue weighted by Gasteiger charge is 2.26. The molecule has 0 spiro atoms. The van der Waals surface area contributed by atoms with E-state index in [1.165, 1.54) is 25.0 Å². The Morgan fingerprint density at radius 1 is 1.47 bits per heavy atom. The van der Waals surface area contributed by atoms with E-state index >= 15 is 0 Å². The van der Waals surface area contributed by atoms with Crippen LogP contribution in [0.15, 0.2) is 18.2 Å². The molecule has 4 heteroatoms. The van der Waals surface area contributed by atoms with Gasteiger partial charge in [-0.2, -0.15) is 0 Å². The molecule has 0 bridgehead atoms. The standard InChI is InChI=1S/C15H21FN2S/c1-10(2)18(8-11-3-4-11)9-12-5-6-13(16)7-14(12)15(17)19/h5-7,10-11H,3-4,8-9H2,1-2H3,(H2,17,19). The zero-order valence-electron chi connectivity index (χ0n) is 11.5. The topological polar surface area (TPSA) is 29.3 Å². The van der Waals surface area contributed by atoms with Crippen LogP contribution < -0.4 is 5.73 Å². The average Bonchev–Trinajstić information content (AvgIpc) is 3.13. The summed E-state index contributed by atoms with van der Waals surface area (Å²) in [6, 6.07) is 5.18. The van der Waals surface area contributed by atoms with Crippen LogP contribution in [-0.2, 0) is 6.54 Å². The van der Waals surface area contributed by atoms with Gasteiger partial charge in [-0.15, -0.1) is 0 Å². The molecule has 1 aliphatic rings. The number of hydrogen-bond acceptors (Lipinski definition) is 2. The molecular weight excluding hydrogens is 259 g/mol. The molecule has 19 heavy (non-hydrogen) atoms. The maximum Gasteiger partial charge on any atom is 0.123 e. The molecule has 0 radical (unpaired) electrons. The first-order valence-electron chi connectivity index (χ1n) is 6.79. The lowest BCUT2D eigenvalue weighted by molar-refractivity contribution is 0.203. The highest BCUT2D eigenvalue weighted by atomic mass is 32.1. The Labute approximate surface area is 119 Å². The largest absolute Gasteiger partial charge is 0.389 e. The smallest absolute Gasteiger partial charge is 0.123 e. The zero-order chi connectivity index (χ0) is 14.0. The fourth-order valence-corrected chi connectivity index (χ4v) is 2.41. The second-order valence-electron chi connectivity index (χ2n) is 5.63. The quantitative estimate of drug-likeness (QED) is 0.812. The summed E-state index contributed by atoms with van der Waals surface area (Å²) in [4.78, 5) is 2.68. The normalized spacial score (nSPS) is 15.2. The average molecular weight is 280 g/mol. The van der Waals surface area contributed by atoms with E-state index in [2.05, 4.69) is 18.7 Å². The molecule has 2 rings (SSSR count). The molecule has 1 aromatic rings. The van der Waals surface area contributed by atoms with Gasteiger partial charge in [0.2, 0.25) is 0 Å². The first-order valence-corrected chi connectivity index (χ1v) is 7.20. The highest BCUT2D eigenvalue weighted by Crippen LogP contribution is 2.31. The minimum absolute atomic E-state index is 0.268. The van der Waals surface area contributed by atoms with E-state index in [4.69, 9.17) is 18.0 Å². The van der Waals surface area contributed by atoms with Crippen LogP contribution in [0.3, 0.4) is 0 Å². The van der Waals surface area contributed by atoms with E-state index in [1.54, 1.807) is 6.07 Å². The van der Waals surface area contributed by atoms with Crippen molar-refractivity contribution in [1.82, 2.24) is 4.90 Å². The predicted molar refractivity (Wildman–Crippen MR) is 80.6 cm³/mol. The fourth-order valence-electron chi connectivity index (χ4n) is 2.22. The van der Waals surface area contributed by atoms with Gasteiger partial charge in [-0.1, -0.05) is 18.3 Å². The number of rotatable bonds is 6. The molecule has 0 atom stereocenters. The monoisotopic (exact) mass is 280 g/mol. The van der Waals surface area contributed by atoms with E-state index in [0.717, 1.165) is 24.6 Å². The number of nitrogens with two attached hydrogens (primary N) is 1. The lowest BCUT2D eigenvalue weighted by Crippen LogP contribution is -2.33. The summed E-state index contributed by atoms with van der Waals surface area (Å²) in [5.41, 5.74) is 7.38. The van der Waals surface area contributed by atoms with Gasteiger partial charge in [0.1, 0.15) is 10.8 Å². The van der Waals surface area contributed by atoms with Gasteiger partial charge in [0.15, 0.2) is 0 Å². The molecule has 0 unspecified atom stereocenters. The minimum atomic E-state index is -0.287. The van der Waals surface area contributed by atoms with Crippen LogP contribution in [0.2, 0.25) is 0 Å². The van der Waals surface area contributed by atoms with Crippen LogP contribution in [0, 0.1) is 11.7 Å². The van der Waals surface area contributed by atoms with Crippen molar-refractivity contribution in [2.45, 2.75) is 39.3 Å². The van der Waals surface area contributed by atoms with Crippen LogP contribution in [0.5, 0.6) is 0 Å². The molecular formula is C15H21FN2S. The Kier molecular flexibility index (Phi) is 4.53. The summed E-state index contributed by atoms with van der Waals surface area (Å²) in [7, 11) is 0. The molecule has 1 saturated carbocycles. The maximum absolute atomic E-state index is 13.3. The molecule has 0 heterocycles. The van der Waals surface area contributed by atoms with Crippen LogP contribution in [-0.4, -0.2) is 22.5 Å². The van der Waals surface area contributed by atoms with Crippen LogP contribution >= 0.6 is 12.2 Å². The Hall–Kier alpha value is -1.00. The van der Waals surface area contributed by atoms with Crippen LogP contribution in [0.1, 0.15) is 37.8 Å². The van der Waals surface area contributed by atoms with Crippen molar-refractivity contribution in [1.29, 1.82) is 0 Å². The molecule has 0 amide bonds. The Morgan fingerprint density at radius 2 is 2.16 bits per heavy atom. The SMILES string of the molecule is CC(C)N(Cc1ccc(F)cc1C(N)=S)CC1CC1. The van der Waals surface area contributed by atoms with Crippen molar-refractivity contribution in [3.05, 3.63) is 35.1 Å². The molecule has 0 aliphatic heterocycles. The third-order valence-electron chi connectivity index (χ3n) is 3.63. The maximum atomic E-state index is 13.3. The van der Waals surface area contributed by atoms with E-state index < -0.39 is 0 Å². The van der Waals surface area contributed by atoms with E-state index in [1.807, 2.05) is 0 Å². The Morgan fingerprint density at radius 3 is 2.68 bits per heavy atom. The lowest BCUT2D eigenvalue weighted by atomic mass is 10.1. The molecule has 2 nitrogen and oxygen atoms in total. The summed E-state index contributed by atoms with van der Waals surface area (Å²) in [5.74, 6) is 0.543. The highest BCUT2D eigenvalue weighted by molar-refractivity contribution is 7.80. The molecule has 1 aromatic carbocycles. The second-order valence-corrected chi connectivity index (χ2v) is 6.07. The molecule has 1 fully saturated rings. The number of halogens is 1. The van der Waals surface area contributed by atoms with Crippen molar-refractivity contribution >= 4 is 17.2 Å². The van der Waals surface area contributed by atoms with E-state index in [0.29, 0.717) is 11.6 Å². The third kappa shape index (κ3) is 3.98. The van der Waals surface area contributed by atoms with Crippen molar-refractivity contribution in [2.75, 3.05) is 6.54 Å². The fraction of sp³-hybridized carbons (Fsp3) is 0.533. The molecule has 0 saturated heterocycles. The number of thiocarbonyl (C=S) groups is 1. The Bertz CT molecular complexity index is 469. The molecule has 2 N–H and O–H groups in total. The predicted octanol–water partition coefficient (Wildman–Crippen LogP) is 3.08. The van der Waals surface area contributed by atoms with Crippen LogP contribution in [0.4, 0.5) is 4.39 Å². The summed E-state index contributed by atoms with van der Waals surface area (Å²) < 4.78 is 13.3. The van der Waals surface area contributed by atoms with Gasteiger partial charge in [-0.3, -0.25) is 4.90 Å². The first-order chi connectivity index (χ1) is 8.97. The van der Waals surface area contributed by atoms with E-state index in [9.17, 15) is 4.39 Å². The minimum Gasteiger partial charge on any atom is -0.389 e. The molecule has 104 valence electrons. The van der Waals surface area contributed by atoms with Crippen LogP contribution in [0.25, 0.3) is 0 Å². The van der Waals surface area contributed by atoms with Gasteiger partial charge >= 0.3 is 0 Å². The zero-order valence-corrected chi connectivity index (χ0v) is 12.3. The molecule has 0 aromatic heterocycles. The first kappa shape index (κ1) is 14.4. The van der Waals surface area contributed by atoms with Gasteiger partial charge in [0, 0.05) is 24.7 Å². The third-order valence-corrected chi connectivity index (χ3v) is 3.85. The van der Waals surface area contributed by atoms with Gasteiger partial charge in [-0.25, -0.2) is 4.39 Å². The number of benzene rings is 1.